The van der Waals surface area contributed by atoms with E-state index in [2.05, 4.69) is 21.2 Å². The first-order chi connectivity index (χ1) is 13.7. The van der Waals surface area contributed by atoms with Crippen LogP contribution in [-0.4, -0.2) is 55.0 Å². The number of piperazine rings is 1. The number of ether oxygens (including phenoxy) is 2. The SMILES string of the molecule is Cc1cc(Br)cc(C)c1OCC(=O)N1CCNC(=O)C1CC(=O)OCCC(C)C. The van der Waals surface area contributed by atoms with Crippen LogP contribution in [0.2, 0.25) is 0 Å². The lowest BCUT2D eigenvalue weighted by Crippen LogP contribution is -2.58. The van der Waals surface area contributed by atoms with Crippen molar-refractivity contribution in [3.05, 3.63) is 27.7 Å². The summed E-state index contributed by atoms with van der Waals surface area (Å²) in [5, 5.41) is 2.71. The number of nitrogens with one attached hydrogen (secondary N) is 1. The van der Waals surface area contributed by atoms with Gasteiger partial charge in [-0.05, 0) is 49.4 Å². The Bertz CT molecular complexity index is 742. The average Bonchev–Trinajstić information content (AvgIpc) is 2.62. The van der Waals surface area contributed by atoms with Gasteiger partial charge in [0.1, 0.15) is 11.8 Å². The molecule has 1 aromatic carbocycles. The number of benzene rings is 1. The molecule has 1 fully saturated rings. The zero-order chi connectivity index (χ0) is 21.6. The predicted molar refractivity (Wildman–Crippen MR) is 113 cm³/mol. The lowest BCUT2D eigenvalue weighted by atomic mass is 10.1. The predicted octanol–water partition coefficient (Wildman–Crippen LogP) is 2.75. The number of halogens is 1. The van der Waals surface area contributed by atoms with E-state index in [-0.39, 0.29) is 24.8 Å². The third-order valence-corrected chi connectivity index (χ3v) is 5.19. The van der Waals surface area contributed by atoms with Gasteiger partial charge in [0.2, 0.25) is 5.91 Å². The van der Waals surface area contributed by atoms with Crippen LogP contribution in [0.25, 0.3) is 0 Å². The van der Waals surface area contributed by atoms with Crippen LogP contribution in [0.15, 0.2) is 16.6 Å². The monoisotopic (exact) mass is 468 g/mol. The summed E-state index contributed by atoms with van der Waals surface area (Å²) in [5.41, 5.74) is 1.82. The maximum atomic E-state index is 12.8. The third-order valence-electron chi connectivity index (χ3n) is 4.73. The van der Waals surface area contributed by atoms with Crippen LogP contribution in [0.1, 0.15) is 37.8 Å². The van der Waals surface area contributed by atoms with E-state index in [1.165, 1.54) is 4.90 Å². The van der Waals surface area contributed by atoms with Crippen molar-refractivity contribution in [1.29, 1.82) is 0 Å². The molecule has 1 N–H and O–H groups in total. The first kappa shape index (κ1) is 23.2. The number of nitrogens with zero attached hydrogens (tertiary/aromatic N) is 1. The van der Waals surface area contributed by atoms with Gasteiger partial charge in [-0.15, -0.1) is 0 Å². The molecule has 29 heavy (non-hydrogen) atoms. The quantitative estimate of drug-likeness (QED) is 0.592. The number of carbonyl (C=O) groups is 3. The van der Waals surface area contributed by atoms with Gasteiger partial charge in [0.15, 0.2) is 6.61 Å². The third kappa shape index (κ3) is 6.73. The van der Waals surface area contributed by atoms with E-state index in [0.29, 0.717) is 31.4 Å². The smallest absolute Gasteiger partial charge is 0.308 e. The molecular formula is C21H29BrN2O5. The summed E-state index contributed by atoms with van der Waals surface area (Å²) in [6.45, 7) is 8.68. The van der Waals surface area contributed by atoms with Gasteiger partial charge >= 0.3 is 5.97 Å². The Labute approximate surface area is 180 Å². The Hall–Kier alpha value is -2.09. The van der Waals surface area contributed by atoms with Gasteiger partial charge in [0.25, 0.3) is 5.91 Å². The molecule has 2 amide bonds. The molecule has 0 bridgehead atoms. The highest BCUT2D eigenvalue weighted by Crippen LogP contribution is 2.27. The molecule has 1 saturated heterocycles. The molecule has 0 aliphatic carbocycles. The van der Waals surface area contributed by atoms with Crippen molar-refractivity contribution in [2.24, 2.45) is 5.92 Å². The number of esters is 1. The van der Waals surface area contributed by atoms with E-state index in [1.807, 2.05) is 39.8 Å². The van der Waals surface area contributed by atoms with Crippen molar-refractivity contribution in [3.8, 4) is 5.75 Å². The lowest BCUT2D eigenvalue weighted by molar-refractivity contribution is -0.152. The number of rotatable bonds is 8. The molecule has 1 heterocycles. The van der Waals surface area contributed by atoms with E-state index in [1.54, 1.807) is 0 Å². The second kappa shape index (κ2) is 10.6. The van der Waals surface area contributed by atoms with Crippen LogP contribution in [0.3, 0.4) is 0 Å². The fraction of sp³-hybridized carbons (Fsp3) is 0.571. The maximum absolute atomic E-state index is 12.8. The molecule has 1 atom stereocenters. The summed E-state index contributed by atoms with van der Waals surface area (Å²) >= 11 is 3.43. The molecule has 1 aromatic rings. The molecule has 1 unspecified atom stereocenters. The number of aryl methyl sites for hydroxylation is 2. The van der Waals surface area contributed by atoms with Crippen LogP contribution < -0.4 is 10.1 Å². The first-order valence-electron chi connectivity index (χ1n) is 9.81. The zero-order valence-electron chi connectivity index (χ0n) is 17.4. The van der Waals surface area contributed by atoms with Crippen molar-refractivity contribution in [3.63, 3.8) is 0 Å². The van der Waals surface area contributed by atoms with Crippen LogP contribution in [-0.2, 0) is 19.1 Å². The molecule has 7 nitrogen and oxygen atoms in total. The first-order valence-corrected chi connectivity index (χ1v) is 10.6. The van der Waals surface area contributed by atoms with Crippen LogP contribution in [0.5, 0.6) is 5.75 Å². The number of amides is 2. The second-order valence-electron chi connectivity index (χ2n) is 7.66. The molecule has 0 spiro atoms. The topological polar surface area (TPSA) is 84.9 Å². The van der Waals surface area contributed by atoms with Gasteiger partial charge in [0, 0.05) is 17.6 Å². The molecule has 0 saturated carbocycles. The summed E-state index contributed by atoms with van der Waals surface area (Å²) in [6, 6.07) is 2.95. The Morgan fingerprint density at radius 1 is 1.28 bits per heavy atom. The number of hydrogen-bond acceptors (Lipinski definition) is 5. The number of hydrogen-bond donors (Lipinski definition) is 1. The molecular weight excluding hydrogens is 440 g/mol. The molecule has 1 aliphatic heterocycles. The van der Waals surface area contributed by atoms with Crippen LogP contribution >= 0.6 is 15.9 Å². The summed E-state index contributed by atoms with van der Waals surface area (Å²) in [6.07, 6.45) is 0.594. The molecule has 1 aliphatic rings. The molecule has 0 radical (unpaired) electrons. The van der Waals surface area contributed by atoms with Gasteiger partial charge in [-0.25, -0.2) is 0 Å². The van der Waals surface area contributed by atoms with Crippen LogP contribution in [0.4, 0.5) is 0 Å². The maximum Gasteiger partial charge on any atom is 0.308 e. The highest BCUT2D eigenvalue weighted by atomic mass is 79.9. The molecule has 160 valence electrons. The Morgan fingerprint density at radius 3 is 2.55 bits per heavy atom. The minimum atomic E-state index is -0.876. The summed E-state index contributed by atoms with van der Waals surface area (Å²) in [4.78, 5) is 38.6. The van der Waals surface area contributed by atoms with Crippen molar-refractivity contribution >= 4 is 33.7 Å². The zero-order valence-corrected chi connectivity index (χ0v) is 19.0. The lowest BCUT2D eigenvalue weighted by Gasteiger charge is -2.34. The highest BCUT2D eigenvalue weighted by Gasteiger charge is 2.35. The molecule has 2 rings (SSSR count). The summed E-state index contributed by atoms with van der Waals surface area (Å²) < 4.78 is 11.9. The van der Waals surface area contributed by atoms with E-state index >= 15 is 0 Å². The number of carbonyl (C=O) groups excluding carboxylic acids is 3. The Balaban J connectivity index is 1.99. The van der Waals surface area contributed by atoms with E-state index in [0.717, 1.165) is 22.0 Å². The minimum absolute atomic E-state index is 0.161. The van der Waals surface area contributed by atoms with Crippen molar-refractivity contribution < 1.29 is 23.9 Å². The van der Waals surface area contributed by atoms with Gasteiger partial charge in [-0.2, -0.15) is 0 Å². The highest BCUT2D eigenvalue weighted by molar-refractivity contribution is 9.10. The Morgan fingerprint density at radius 2 is 1.93 bits per heavy atom. The summed E-state index contributed by atoms with van der Waals surface area (Å²) in [7, 11) is 0. The largest absolute Gasteiger partial charge is 0.483 e. The van der Waals surface area contributed by atoms with Crippen molar-refractivity contribution in [2.45, 2.75) is 46.6 Å². The van der Waals surface area contributed by atoms with Gasteiger partial charge < -0.3 is 19.7 Å². The van der Waals surface area contributed by atoms with Crippen molar-refractivity contribution in [2.75, 3.05) is 26.3 Å². The molecule has 0 aromatic heterocycles. The second-order valence-corrected chi connectivity index (χ2v) is 8.57. The Kier molecular flexibility index (Phi) is 8.49. The van der Waals surface area contributed by atoms with Gasteiger partial charge in [0.05, 0.1) is 13.0 Å². The normalized spacial score (nSPS) is 16.6. The van der Waals surface area contributed by atoms with E-state index in [4.69, 9.17) is 9.47 Å². The summed E-state index contributed by atoms with van der Waals surface area (Å²) in [5.74, 6) is -0.0943. The van der Waals surface area contributed by atoms with Crippen molar-refractivity contribution in [1.82, 2.24) is 10.2 Å². The van der Waals surface area contributed by atoms with Crippen LogP contribution in [0, 0.1) is 19.8 Å². The fourth-order valence-corrected chi connectivity index (χ4v) is 3.87. The van der Waals surface area contributed by atoms with Gasteiger partial charge in [-0.3, -0.25) is 14.4 Å². The van der Waals surface area contributed by atoms with Gasteiger partial charge in [-0.1, -0.05) is 29.8 Å². The fourth-order valence-electron chi connectivity index (χ4n) is 3.18. The molecule has 8 heteroatoms. The average molecular weight is 469 g/mol. The minimum Gasteiger partial charge on any atom is -0.483 e. The standard InChI is InChI=1S/C21H29BrN2O5/c1-13(2)5-8-28-19(26)11-17-21(27)23-6-7-24(17)18(25)12-29-20-14(3)9-16(22)10-15(20)4/h9-10,13,17H,5-8,11-12H2,1-4H3,(H,23,27). The van der Waals surface area contributed by atoms with E-state index in [9.17, 15) is 14.4 Å². The van der Waals surface area contributed by atoms with E-state index < -0.39 is 12.0 Å².